The molecule has 0 heterocycles. The van der Waals surface area contributed by atoms with Gasteiger partial charge in [0.1, 0.15) is 0 Å². The van der Waals surface area contributed by atoms with Crippen LogP contribution in [-0.4, -0.2) is 4.66 Å². The molecule has 3 aromatic rings. The third-order valence-corrected chi connectivity index (χ3v) is 2.84. The van der Waals surface area contributed by atoms with E-state index in [0.717, 1.165) is 11.4 Å². The predicted molar refractivity (Wildman–Crippen MR) is 75.9 cm³/mol. The monoisotopic (exact) mass is 319 g/mol. The standard InChI is InChI=1S/C16H13N.ClHO4/c1-2-9-14(10-3-1)17-16-12-6-8-13-7-4-5-11-15(13)16;2-1(3,4)5/h1-12,17H;(H,2,3,4,5). The lowest BCUT2D eigenvalue weighted by molar-refractivity contribution is -1.92. The third kappa shape index (κ3) is 5.33. The van der Waals surface area contributed by atoms with Crippen LogP contribution in [-0.2, 0) is 0 Å². The summed E-state index contributed by atoms with van der Waals surface area (Å²) < 4.78 is 32.7. The predicted octanol–water partition coefficient (Wildman–Crippen LogP) is 0.459. The highest BCUT2D eigenvalue weighted by Crippen LogP contribution is 2.25. The van der Waals surface area contributed by atoms with Crippen LogP contribution in [0.2, 0.25) is 0 Å². The Morgan fingerprint density at radius 2 is 1.27 bits per heavy atom. The molecule has 0 saturated heterocycles. The number of hydrogen-bond acceptors (Lipinski definition) is 5. The SMILES string of the molecule is [O-][Cl+3]([O-])([O-])O.c1ccc(Nc2cccc3ccccc23)cc1. The normalized spacial score (nSPS) is 10.7. The molecule has 22 heavy (non-hydrogen) atoms. The van der Waals surface area contributed by atoms with Crippen LogP contribution < -0.4 is 19.3 Å². The number of rotatable bonds is 2. The van der Waals surface area contributed by atoms with Crippen LogP contribution in [0.3, 0.4) is 0 Å². The molecule has 3 rings (SSSR count). The van der Waals surface area contributed by atoms with Crippen molar-refractivity contribution in [1.82, 2.24) is 0 Å². The minimum Gasteiger partial charge on any atom is -0.355 e. The maximum atomic E-state index is 8.60. The van der Waals surface area contributed by atoms with Crippen LogP contribution in [0, 0.1) is 10.2 Å². The van der Waals surface area contributed by atoms with Crippen LogP contribution in [0.5, 0.6) is 0 Å². The minimum atomic E-state index is -4.69. The lowest BCUT2D eigenvalue weighted by Gasteiger charge is -2.09. The van der Waals surface area contributed by atoms with Gasteiger partial charge < -0.3 is 5.32 Å². The van der Waals surface area contributed by atoms with Crippen LogP contribution >= 0.6 is 0 Å². The number of para-hydroxylation sites is 1. The zero-order valence-corrected chi connectivity index (χ0v) is 12.2. The fourth-order valence-electron chi connectivity index (χ4n) is 2.01. The van der Waals surface area contributed by atoms with E-state index in [1.165, 1.54) is 10.8 Å². The second-order valence-electron chi connectivity index (χ2n) is 4.41. The average Bonchev–Trinajstić information content (AvgIpc) is 2.47. The van der Waals surface area contributed by atoms with Crippen molar-refractivity contribution in [2.45, 2.75) is 0 Å². The second-order valence-corrected chi connectivity index (χ2v) is 5.21. The number of halogens is 1. The van der Waals surface area contributed by atoms with E-state index < -0.39 is 10.2 Å². The molecule has 0 atom stereocenters. The van der Waals surface area contributed by atoms with Crippen molar-refractivity contribution < 1.29 is 28.9 Å². The van der Waals surface area contributed by atoms with Gasteiger partial charge in [0.15, 0.2) is 0 Å². The molecule has 0 unspecified atom stereocenters. The molecule has 114 valence electrons. The Morgan fingerprint density at radius 3 is 1.95 bits per heavy atom. The van der Waals surface area contributed by atoms with Gasteiger partial charge in [-0.05, 0) is 23.6 Å². The zero-order chi connectivity index (χ0) is 16.0. The minimum absolute atomic E-state index is 1.11. The van der Waals surface area contributed by atoms with Gasteiger partial charge in [-0.2, -0.15) is 14.0 Å². The molecular weight excluding hydrogens is 306 g/mol. The van der Waals surface area contributed by atoms with Crippen molar-refractivity contribution in [2.24, 2.45) is 0 Å². The van der Waals surface area contributed by atoms with Gasteiger partial charge in [-0.15, -0.1) is 0 Å². The van der Waals surface area contributed by atoms with E-state index in [2.05, 4.69) is 59.9 Å². The van der Waals surface area contributed by atoms with Gasteiger partial charge in [0.05, 0.1) is 14.9 Å². The molecular formula is C16H14ClNO4. The van der Waals surface area contributed by atoms with E-state index in [9.17, 15) is 0 Å². The largest absolute Gasteiger partial charge is 0.355 e. The van der Waals surface area contributed by atoms with E-state index in [0.29, 0.717) is 0 Å². The van der Waals surface area contributed by atoms with Crippen molar-refractivity contribution in [1.29, 1.82) is 0 Å². The van der Waals surface area contributed by atoms with E-state index >= 15 is 0 Å². The Labute approximate surface area is 129 Å². The van der Waals surface area contributed by atoms with Gasteiger partial charge >= 0.3 is 0 Å². The molecule has 0 fully saturated rings. The van der Waals surface area contributed by atoms with E-state index in [4.69, 9.17) is 18.6 Å². The van der Waals surface area contributed by atoms with E-state index in [1.54, 1.807) is 0 Å². The first-order valence-corrected chi connectivity index (χ1v) is 7.63. The van der Waals surface area contributed by atoms with Gasteiger partial charge in [0.2, 0.25) is 0 Å². The maximum absolute atomic E-state index is 8.60. The molecule has 0 saturated carbocycles. The van der Waals surface area contributed by atoms with Crippen molar-refractivity contribution in [3.05, 3.63) is 72.8 Å². The van der Waals surface area contributed by atoms with Crippen LogP contribution in [0.4, 0.5) is 11.4 Å². The topological polar surface area (TPSA) is 101 Å². The summed E-state index contributed by atoms with van der Waals surface area (Å²) in [4.78, 5) is 0. The average molecular weight is 320 g/mol. The summed E-state index contributed by atoms with van der Waals surface area (Å²) in [7, 11) is -4.69. The van der Waals surface area contributed by atoms with Crippen molar-refractivity contribution in [3.8, 4) is 0 Å². The van der Waals surface area contributed by atoms with Gasteiger partial charge in [-0.25, -0.2) is 0 Å². The molecule has 0 amide bonds. The smallest absolute Gasteiger partial charge is 0.0777 e. The quantitative estimate of drug-likeness (QED) is 0.714. The summed E-state index contributed by atoms with van der Waals surface area (Å²) in [5, 5.41) is 5.95. The van der Waals surface area contributed by atoms with Gasteiger partial charge in [-0.1, -0.05) is 54.6 Å². The highest BCUT2D eigenvalue weighted by Gasteiger charge is 2.00. The summed E-state index contributed by atoms with van der Waals surface area (Å²) in [6, 6.07) is 25.0. The lowest BCUT2D eigenvalue weighted by Crippen LogP contribution is -2.58. The Balaban J connectivity index is 0.000000309. The Hall–Kier alpha value is -2.15. The molecule has 0 aliphatic carbocycles. The van der Waals surface area contributed by atoms with Crippen molar-refractivity contribution >= 4 is 22.1 Å². The lowest BCUT2D eigenvalue weighted by atomic mass is 10.1. The van der Waals surface area contributed by atoms with E-state index in [1.807, 2.05) is 18.2 Å². The molecule has 0 spiro atoms. The fourth-order valence-corrected chi connectivity index (χ4v) is 2.01. The number of nitrogens with one attached hydrogen (secondary N) is 1. The number of hydrogen-bond donors (Lipinski definition) is 2. The summed E-state index contributed by atoms with van der Waals surface area (Å²) in [5.41, 5.74) is 2.26. The molecule has 0 aliphatic heterocycles. The molecule has 0 aliphatic rings. The highest BCUT2D eigenvalue weighted by atomic mass is 35.7. The maximum Gasteiger partial charge on any atom is 0.0777 e. The first-order valence-electron chi connectivity index (χ1n) is 6.36. The first kappa shape index (κ1) is 16.2. The second kappa shape index (κ2) is 7.22. The van der Waals surface area contributed by atoms with E-state index in [-0.39, 0.29) is 0 Å². The molecule has 2 N–H and O–H groups in total. The van der Waals surface area contributed by atoms with Crippen LogP contribution in [0.1, 0.15) is 0 Å². The Morgan fingerprint density at radius 1 is 0.727 bits per heavy atom. The molecule has 5 nitrogen and oxygen atoms in total. The third-order valence-electron chi connectivity index (χ3n) is 2.84. The molecule has 0 bridgehead atoms. The zero-order valence-electron chi connectivity index (χ0n) is 11.5. The van der Waals surface area contributed by atoms with Gasteiger partial charge in [-0.3, -0.25) is 0 Å². The number of benzene rings is 3. The Bertz CT molecular complexity index is 718. The van der Waals surface area contributed by atoms with Crippen LogP contribution in [0.25, 0.3) is 10.8 Å². The number of fused-ring (bicyclic) bond motifs is 1. The number of anilines is 2. The van der Waals surface area contributed by atoms with Crippen LogP contribution in [0.15, 0.2) is 72.8 Å². The highest BCUT2D eigenvalue weighted by molar-refractivity contribution is 5.95. The molecule has 0 aromatic heterocycles. The van der Waals surface area contributed by atoms with Crippen molar-refractivity contribution in [2.75, 3.05) is 5.32 Å². The summed E-state index contributed by atoms with van der Waals surface area (Å²) in [5.74, 6) is 0. The molecule has 6 heteroatoms. The fraction of sp³-hybridized carbons (Fsp3) is 0. The van der Waals surface area contributed by atoms with Gasteiger partial charge in [0.25, 0.3) is 0 Å². The Kier molecular flexibility index (Phi) is 5.32. The summed E-state index contributed by atoms with van der Waals surface area (Å²) in [6.07, 6.45) is 0. The van der Waals surface area contributed by atoms with Crippen molar-refractivity contribution in [3.63, 3.8) is 0 Å². The molecule has 0 radical (unpaired) electrons. The molecule has 3 aromatic carbocycles. The van der Waals surface area contributed by atoms with Gasteiger partial charge in [0, 0.05) is 16.8 Å². The summed E-state index contributed by atoms with van der Waals surface area (Å²) in [6.45, 7) is 0. The summed E-state index contributed by atoms with van der Waals surface area (Å²) >= 11 is 0. The first-order chi connectivity index (χ1) is 10.4.